The third-order valence-corrected chi connectivity index (χ3v) is 4.50. The van der Waals surface area contributed by atoms with Gasteiger partial charge >= 0.3 is 0 Å². The molecular formula is C13H15Cl2N3S. The largest absolute Gasteiger partial charge is 0.312 e. The summed E-state index contributed by atoms with van der Waals surface area (Å²) in [7, 11) is 1.93. The first-order valence-corrected chi connectivity index (χ1v) is 7.61. The normalized spacial score (nSPS) is 12.6. The third-order valence-electron chi connectivity index (χ3n) is 3.02. The minimum Gasteiger partial charge on any atom is -0.312 e. The summed E-state index contributed by atoms with van der Waals surface area (Å²) < 4.78 is 4.04. The number of rotatable bonds is 5. The van der Waals surface area contributed by atoms with Crippen molar-refractivity contribution >= 4 is 34.7 Å². The fourth-order valence-corrected chi connectivity index (χ4v) is 3.21. The van der Waals surface area contributed by atoms with Crippen LogP contribution in [0.5, 0.6) is 0 Å². The number of benzene rings is 1. The summed E-state index contributed by atoms with van der Waals surface area (Å²) in [6.45, 7) is 2.08. The van der Waals surface area contributed by atoms with Crippen molar-refractivity contribution in [1.29, 1.82) is 0 Å². The molecule has 102 valence electrons. The van der Waals surface area contributed by atoms with E-state index in [9.17, 15) is 0 Å². The van der Waals surface area contributed by atoms with Crippen LogP contribution in [0.1, 0.15) is 29.1 Å². The van der Waals surface area contributed by atoms with E-state index >= 15 is 0 Å². The highest BCUT2D eigenvalue weighted by Crippen LogP contribution is 2.28. The fraction of sp³-hybridized carbons (Fsp3) is 0.385. The summed E-state index contributed by atoms with van der Waals surface area (Å²) in [6.07, 6.45) is 1.65. The molecule has 1 N–H and O–H groups in total. The third kappa shape index (κ3) is 3.45. The number of halogens is 2. The quantitative estimate of drug-likeness (QED) is 0.909. The molecule has 1 heterocycles. The molecule has 0 saturated heterocycles. The van der Waals surface area contributed by atoms with Gasteiger partial charge in [0.2, 0.25) is 0 Å². The highest BCUT2D eigenvalue weighted by atomic mass is 35.5. The second kappa shape index (κ2) is 6.66. The molecule has 0 amide bonds. The zero-order valence-corrected chi connectivity index (χ0v) is 13.1. The van der Waals surface area contributed by atoms with Gasteiger partial charge in [-0.2, -0.15) is 0 Å². The van der Waals surface area contributed by atoms with E-state index in [-0.39, 0.29) is 6.04 Å². The molecule has 1 unspecified atom stereocenters. The Hall–Kier alpha value is -0.680. The maximum Gasteiger partial charge on any atom is 0.0801 e. The van der Waals surface area contributed by atoms with Crippen LogP contribution in [0, 0.1) is 0 Å². The molecule has 1 aromatic heterocycles. The second-order valence-corrected chi connectivity index (χ2v) is 5.85. The van der Waals surface area contributed by atoms with Gasteiger partial charge in [-0.05, 0) is 55.2 Å². The Morgan fingerprint density at radius 2 is 2.16 bits per heavy atom. The number of likely N-dealkylation sites (N-methyl/N-ethyl adjacent to an activating group) is 1. The lowest BCUT2D eigenvalue weighted by Crippen LogP contribution is -2.19. The van der Waals surface area contributed by atoms with E-state index in [1.54, 1.807) is 6.07 Å². The number of nitrogens with zero attached hydrogens (tertiary/aromatic N) is 2. The van der Waals surface area contributed by atoms with Crippen LogP contribution in [0.25, 0.3) is 0 Å². The Balaban J connectivity index is 2.26. The van der Waals surface area contributed by atoms with Crippen LogP contribution in [0.4, 0.5) is 0 Å². The first kappa shape index (κ1) is 14.7. The molecule has 6 heteroatoms. The molecule has 19 heavy (non-hydrogen) atoms. The summed E-state index contributed by atoms with van der Waals surface area (Å²) in [5, 5.41) is 8.90. The maximum absolute atomic E-state index is 6.22. The van der Waals surface area contributed by atoms with Gasteiger partial charge in [0.25, 0.3) is 0 Å². The molecule has 3 nitrogen and oxygen atoms in total. The Bertz CT molecular complexity index is 557. The predicted octanol–water partition coefficient (Wildman–Crippen LogP) is 3.91. The van der Waals surface area contributed by atoms with Gasteiger partial charge in [-0.15, -0.1) is 5.10 Å². The van der Waals surface area contributed by atoms with E-state index in [4.69, 9.17) is 23.2 Å². The monoisotopic (exact) mass is 315 g/mol. The van der Waals surface area contributed by atoms with Crippen molar-refractivity contribution in [3.8, 4) is 0 Å². The molecule has 2 aromatic rings. The molecule has 0 aliphatic rings. The number of hydrogen-bond acceptors (Lipinski definition) is 4. The smallest absolute Gasteiger partial charge is 0.0801 e. The van der Waals surface area contributed by atoms with E-state index in [1.807, 2.05) is 19.2 Å². The average molecular weight is 316 g/mol. The van der Waals surface area contributed by atoms with Crippen molar-refractivity contribution in [2.24, 2.45) is 0 Å². The summed E-state index contributed by atoms with van der Waals surface area (Å²) in [5.74, 6) is 0. The van der Waals surface area contributed by atoms with Crippen LogP contribution < -0.4 is 5.32 Å². The first-order valence-electron chi connectivity index (χ1n) is 6.08. The summed E-state index contributed by atoms with van der Waals surface area (Å²) in [4.78, 5) is 1.17. The molecule has 0 aliphatic heterocycles. The van der Waals surface area contributed by atoms with Gasteiger partial charge in [0.05, 0.1) is 10.6 Å². The lowest BCUT2D eigenvalue weighted by atomic mass is 10.0. The van der Waals surface area contributed by atoms with Crippen LogP contribution in [0.15, 0.2) is 18.2 Å². The zero-order valence-electron chi connectivity index (χ0n) is 10.8. The molecule has 0 spiro atoms. The first-order chi connectivity index (χ1) is 9.15. The average Bonchev–Trinajstić information content (AvgIpc) is 2.88. The highest BCUT2D eigenvalue weighted by molar-refractivity contribution is 7.05. The van der Waals surface area contributed by atoms with Gasteiger partial charge < -0.3 is 5.32 Å². The summed E-state index contributed by atoms with van der Waals surface area (Å²) >= 11 is 13.7. The summed E-state index contributed by atoms with van der Waals surface area (Å²) in [5.41, 5.74) is 2.08. The van der Waals surface area contributed by atoms with Crippen molar-refractivity contribution in [1.82, 2.24) is 14.9 Å². The van der Waals surface area contributed by atoms with Crippen LogP contribution >= 0.6 is 34.7 Å². The minimum absolute atomic E-state index is 0.158. The Kier molecular flexibility index (Phi) is 5.16. The topological polar surface area (TPSA) is 37.8 Å². The predicted molar refractivity (Wildman–Crippen MR) is 81.3 cm³/mol. The number of hydrogen-bond donors (Lipinski definition) is 1. The number of aromatic nitrogens is 2. The Labute approximate surface area is 127 Å². The maximum atomic E-state index is 6.22. The molecule has 0 bridgehead atoms. The van der Waals surface area contributed by atoms with Crippen molar-refractivity contribution < 1.29 is 0 Å². The number of nitrogens with one attached hydrogen (secondary N) is 1. The molecule has 1 atom stereocenters. The molecule has 2 rings (SSSR count). The molecule has 1 aromatic carbocycles. The molecule has 0 saturated carbocycles. The van der Waals surface area contributed by atoms with Crippen molar-refractivity contribution in [2.75, 3.05) is 7.05 Å². The van der Waals surface area contributed by atoms with Gasteiger partial charge in [-0.25, -0.2) is 0 Å². The fourth-order valence-electron chi connectivity index (χ4n) is 1.97. The SMILES string of the molecule is CCc1nnsc1C(Cc1cc(Cl)ccc1Cl)NC. The highest BCUT2D eigenvalue weighted by Gasteiger charge is 2.18. The van der Waals surface area contributed by atoms with Crippen LogP contribution in [-0.2, 0) is 12.8 Å². The lowest BCUT2D eigenvalue weighted by molar-refractivity contribution is 0.595. The van der Waals surface area contributed by atoms with E-state index in [0.717, 1.165) is 29.1 Å². The molecule has 0 fully saturated rings. The van der Waals surface area contributed by atoms with Gasteiger partial charge in [0.1, 0.15) is 0 Å². The van der Waals surface area contributed by atoms with Crippen molar-refractivity contribution in [3.05, 3.63) is 44.4 Å². The van der Waals surface area contributed by atoms with E-state index in [0.29, 0.717) is 5.02 Å². The van der Waals surface area contributed by atoms with Crippen LogP contribution in [0.2, 0.25) is 10.0 Å². The Morgan fingerprint density at radius 1 is 1.37 bits per heavy atom. The van der Waals surface area contributed by atoms with Crippen molar-refractivity contribution in [3.63, 3.8) is 0 Å². The van der Waals surface area contributed by atoms with Gasteiger partial charge in [0, 0.05) is 16.1 Å². The minimum atomic E-state index is 0.158. The second-order valence-electron chi connectivity index (χ2n) is 4.22. The van der Waals surface area contributed by atoms with E-state index in [2.05, 4.69) is 21.8 Å². The lowest BCUT2D eigenvalue weighted by Gasteiger charge is -2.16. The zero-order chi connectivity index (χ0) is 13.8. The van der Waals surface area contributed by atoms with Crippen molar-refractivity contribution in [2.45, 2.75) is 25.8 Å². The number of aryl methyl sites for hydroxylation is 1. The molecular weight excluding hydrogens is 301 g/mol. The summed E-state index contributed by atoms with van der Waals surface area (Å²) in [6, 6.07) is 5.70. The van der Waals surface area contributed by atoms with E-state index in [1.165, 1.54) is 16.4 Å². The van der Waals surface area contributed by atoms with Gasteiger partial charge in [-0.1, -0.05) is 34.6 Å². The standard InChI is InChI=1S/C13H15Cl2N3S/c1-3-11-13(19-18-17-11)12(16-2)7-8-6-9(14)4-5-10(8)15/h4-6,12,16H,3,7H2,1-2H3. The molecule has 0 aliphatic carbocycles. The van der Waals surface area contributed by atoms with Gasteiger partial charge in [0.15, 0.2) is 0 Å². The van der Waals surface area contributed by atoms with E-state index < -0.39 is 0 Å². The van der Waals surface area contributed by atoms with Crippen LogP contribution in [0.3, 0.4) is 0 Å². The Morgan fingerprint density at radius 3 is 2.84 bits per heavy atom. The van der Waals surface area contributed by atoms with Gasteiger partial charge in [-0.3, -0.25) is 0 Å². The molecule has 0 radical (unpaired) electrons. The van der Waals surface area contributed by atoms with Crippen LogP contribution in [-0.4, -0.2) is 16.6 Å².